The standard InChI is InChI=1S/C17H28N2OS.ClH/c1-17(2,16-7-4-10-21-16)12-19-14-6-3-5-13(14)15-11-20-9-8-18-15;/h4,7,10,13-15,18-19H,3,5-6,8-9,11-12H2,1-2H3;1H. The van der Waals surface area contributed by atoms with Crippen molar-refractivity contribution in [3.63, 3.8) is 0 Å². The number of ether oxygens (including phenoxy) is 1. The number of halogens is 1. The second-order valence-electron chi connectivity index (χ2n) is 7.08. The highest BCUT2D eigenvalue weighted by molar-refractivity contribution is 7.10. The number of rotatable bonds is 5. The fourth-order valence-electron chi connectivity index (χ4n) is 3.72. The molecule has 3 atom stereocenters. The Morgan fingerprint density at radius 2 is 2.27 bits per heavy atom. The molecule has 0 radical (unpaired) electrons. The molecule has 0 bridgehead atoms. The molecule has 0 amide bonds. The van der Waals surface area contributed by atoms with E-state index in [2.05, 4.69) is 42.0 Å². The van der Waals surface area contributed by atoms with Gasteiger partial charge in [0, 0.05) is 35.5 Å². The smallest absolute Gasteiger partial charge is 0.0623 e. The van der Waals surface area contributed by atoms with Crippen LogP contribution in [0.5, 0.6) is 0 Å². The molecular weight excluding hydrogens is 316 g/mol. The molecule has 1 aliphatic heterocycles. The molecule has 1 aliphatic carbocycles. The normalized spacial score (nSPS) is 29.3. The summed E-state index contributed by atoms with van der Waals surface area (Å²) in [4.78, 5) is 1.48. The van der Waals surface area contributed by atoms with Crippen molar-refractivity contribution in [3.05, 3.63) is 22.4 Å². The van der Waals surface area contributed by atoms with Gasteiger partial charge in [-0.3, -0.25) is 0 Å². The van der Waals surface area contributed by atoms with Crippen LogP contribution in [-0.2, 0) is 10.2 Å². The van der Waals surface area contributed by atoms with Gasteiger partial charge >= 0.3 is 0 Å². The summed E-state index contributed by atoms with van der Waals surface area (Å²) in [5.74, 6) is 0.726. The van der Waals surface area contributed by atoms with Gasteiger partial charge in [0.05, 0.1) is 13.2 Å². The fourth-order valence-corrected chi connectivity index (χ4v) is 4.57. The van der Waals surface area contributed by atoms with Crippen molar-refractivity contribution in [1.82, 2.24) is 10.6 Å². The van der Waals surface area contributed by atoms with Crippen LogP contribution in [0.4, 0.5) is 0 Å². The number of hydrogen-bond donors (Lipinski definition) is 2. The highest BCUT2D eigenvalue weighted by Gasteiger charge is 2.35. The van der Waals surface area contributed by atoms with Gasteiger partial charge in [-0.25, -0.2) is 0 Å². The predicted octanol–water partition coefficient (Wildman–Crippen LogP) is 3.19. The first-order valence-electron chi connectivity index (χ1n) is 8.25. The molecule has 2 fully saturated rings. The summed E-state index contributed by atoms with van der Waals surface area (Å²) >= 11 is 1.87. The summed E-state index contributed by atoms with van der Waals surface area (Å²) in [6, 6.07) is 5.60. The Labute approximate surface area is 144 Å². The Hall–Kier alpha value is -0.130. The first kappa shape index (κ1) is 18.2. The minimum absolute atomic E-state index is 0. The van der Waals surface area contributed by atoms with Crippen LogP contribution in [-0.4, -0.2) is 38.4 Å². The van der Waals surface area contributed by atoms with Gasteiger partial charge < -0.3 is 15.4 Å². The lowest BCUT2D eigenvalue weighted by molar-refractivity contribution is 0.0522. The molecule has 0 aromatic carbocycles. The lowest BCUT2D eigenvalue weighted by Crippen LogP contribution is -2.52. The van der Waals surface area contributed by atoms with Crippen molar-refractivity contribution in [3.8, 4) is 0 Å². The van der Waals surface area contributed by atoms with Crippen LogP contribution in [0.3, 0.4) is 0 Å². The largest absolute Gasteiger partial charge is 0.379 e. The predicted molar refractivity (Wildman–Crippen MR) is 96.3 cm³/mol. The highest BCUT2D eigenvalue weighted by Crippen LogP contribution is 2.31. The Kier molecular flexibility index (Phi) is 6.72. The number of thiophene rings is 1. The van der Waals surface area contributed by atoms with Crippen LogP contribution in [0.15, 0.2) is 17.5 Å². The van der Waals surface area contributed by atoms with Gasteiger partial charge in [-0.15, -0.1) is 23.7 Å². The van der Waals surface area contributed by atoms with Gasteiger partial charge in [0.25, 0.3) is 0 Å². The van der Waals surface area contributed by atoms with E-state index in [-0.39, 0.29) is 17.8 Å². The third-order valence-electron chi connectivity index (χ3n) is 5.03. The molecule has 3 unspecified atom stereocenters. The van der Waals surface area contributed by atoms with Crippen LogP contribution in [0.1, 0.15) is 38.0 Å². The molecule has 2 heterocycles. The van der Waals surface area contributed by atoms with E-state index in [4.69, 9.17) is 4.74 Å². The Morgan fingerprint density at radius 3 is 2.95 bits per heavy atom. The zero-order valence-electron chi connectivity index (χ0n) is 13.6. The van der Waals surface area contributed by atoms with Crippen LogP contribution < -0.4 is 10.6 Å². The zero-order chi connectivity index (χ0) is 14.7. The van der Waals surface area contributed by atoms with E-state index in [9.17, 15) is 0 Å². The Balaban J connectivity index is 0.00000176. The summed E-state index contributed by atoms with van der Waals surface area (Å²) in [7, 11) is 0. The molecule has 0 spiro atoms. The van der Waals surface area contributed by atoms with Crippen LogP contribution >= 0.6 is 23.7 Å². The molecule has 2 aliphatic rings. The quantitative estimate of drug-likeness (QED) is 0.860. The van der Waals surface area contributed by atoms with E-state index >= 15 is 0 Å². The SMILES string of the molecule is CC(C)(CNC1CCCC1C1COCCN1)c1cccs1.Cl. The monoisotopic (exact) mass is 344 g/mol. The minimum atomic E-state index is 0. The van der Waals surface area contributed by atoms with E-state index in [1.807, 2.05) is 11.3 Å². The molecule has 22 heavy (non-hydrogen) atoms. The maximum absolute atomic E-state index is 5.66. The van der Waals surface area contributed by atoms with E-state index in [0.29, 0.717) is 12.1 Å². The summed E-state index contributed by atoms with van der Waals surface area (Å²) in [6.07, 6.45) is 3.99. The van der Waals surface area contributed by atoms with Crippen molar-refractivity contribution in [2.75, 3.05) is 26.3 Å². The third kappa shape index (κ3) is 4.24. The van der Waals surface area contributed by atoms with Gasteiger partial charge in [0.1, 0.15) is 0 Å². The van der Waals surface area contributed by atoms with Gasteiger partial charge in [0.15, 0.2) is 0 Å². The van der Waals surface area contributed by atoms with E-state index in [1.54, 1.807) is 0 Å². The number of hydrogen-bond acceptors (Lipinski definition) is 4. The van der Waals surface area contributed by atoms with E-state index in [0.717, 1.165) is 32.2 Å². The van der Waals surface area contributed by atoms with Gasteiger partial charge in [-0.1, -0.05) is 26.3 Å². The molecule has 1 aromatic rings. The summed E-state index contributed by atoms with van der Waals surface area (Å²) < 4.78 is 5.66. The van der Waals surface area contributed by atoms with Gasteiger partial charge in [-0.2, -0.15) is 0 Å². The van der Waals surface area contributed by atoms with E-state index in [1.165, 1.54) is 24.1 Å². The van der Waals surface area contributed by atoms with Crippen molar-refractivity contribution in [2.24, 2.45) is 5.92 Å². The third-order valence-corrected chi connectivity index (χ3v) is 6.27. The molecule has 126 valence electrons. The molecule has 1 saturated carbocycles. The van der Waals surface area contributed by atoms with E-state index < -0.39 is 0 Å². The molecule has 2 N–H and O–H groups in total. The summed E-state index contributed by atoms with van der Waals surface area (Å²) in [6.45, 7) is 8.51. The Bertz CT molecular complexity index is 432. The average molecular weight is 345 g/mol. The van der Waals surface area contributed by atoms with Gasteiger partial charge in [0.2, 0.25) is 0 Å². The maximum atomic E-state index is 5.66. The zero-order valence-corrected chi connectivity index (χ0v) is 15.3. The van der Waals surface area contributed by atoms with Crippen molar-refractivity contribution >= 4 is 23.7 Å². The van der Waals surface area contributed by atoms with Crippen LogP contribution in [0.25, 0.3) is 0 Å². The highest BCUT2D eigenvalue weighted by atomic mass is 35.5. The maximum Gasteiger partial charge on any atom is 0.0623 e. The second-order valence-corrected chi connectivity index (χ2v) is 8.03. The molecule has 3 rings (SSSR count). The molecule has 1 aromatic heterocycles. The lowest BCUT2D eigenvalue weighted by Gasteiger charge is -2.34. The van der Waals surface area contributed by atoms with Crippen molar-refractivity contribution in [1.29, 1.82) is 0 Å². The average Bonchev–Trinajstić information content (AvgIpc) is 3.18. The summed E-state index contributed by atoms with van der Waals surface area (Å²) in [5, 5.41) is 9.70. The topological polar surface area (TPSA) is 33.3 Å². The molecule has 1 saturated heterocycles. The first-order valence-corrected chi connectivity index (χ1v) is 9.13. The number of nitrogens with one attached hydrogen (secondary N) is 2. The second kappa shape index (κ2) is 8.11. The fraction of sp³-hybridized carbons (Fsp3) is 0.765. The molecule has 5 heteroatoms. The van der Waals surface area contributed by atoms with Crippen molar-refractivity contribution < 1.29 is 4.74 Å². The lowest BCUT2D eigenvalue weighted by atomic mass is 9.89. The van der Waals surface area contributed by atoms with Crippen molar-refractivity contribution in [2.45, 2.75) is 50.6 Å². The van der Waals surface area contributed by atoms with Gasteiger partial charge in [-0.05, 0) is 30.2 Å². The minimum Gasteiger partial charge on any atom is -0.379 e. The van der Waals surface area contributed by atoms with Crippen LogP contribution in [0.2, 0.25) is 0 Å². The molecule has 3 nitrogen and oxygen atoms in total. The van der Waals surface area contributed by atoms with Crippen LogP contribution in [0, 0.1) is 5.92 Å². The number of morpholine rings is 1. The molecular formula is C17H29ClN2OS. The Morgan fingerprint density at radius 1 is 1.41 bits per heavy atom. The summed E-state index contributed by atoms with van der Waals surface area (Å²) in [5.41, 5.74) is 0.220. The first-order chi connectivity index (χ1) is 10.2.